The van der Waals surface area contributed by atoms with Gasteiger partial charge in [0.05, 0.1) is 5.56 Å². The molecule has 0 aliphatic heterocycles. The quantitative estimate of drug-likeness (QED) is 0.426. The number of aromatic nitrogens is 2. The normalized spacial score (nSPS) is 10.6. The van der Waals surface area contributed by atoms with Crippen LogP contribution in [0.15, 0.2) is 77.3 Å². The van der Waals surface area contributed by atoms with Gasteiger partial charge < -0.3 is 19.3 Å². The molecule has 1 N–H and O–H groups in total. The number of rotatable bonds is 8. The summed E-state index contributed by atoms with van der Waals surface area (Å²) in [5, 5.41) is 6.84. The van der Waals surface area contributed by atoms with Gasteiger partial charge in [-0.15, -0.1) is 0 Å². The van der Waals surface area contributed by atoms with Crippen LogP contribution >= 0.6 is 0 Å². The minimum atomic E-state index is -0.260. The molecule has 0 saturated heterocycles. The molecule has 7 nitrogen and oxygen atoms in total. The highest BCUT2D eigenvalue weighted by atomic mass is 16.5. The van der Waals surface area contributed by atoms with E-state index < -0.39 is 0 Å². The van der Waals surface area contributed by atoms with Crippen molar-refractivity contribution in [3.8, 4) is 22.9 Å². The summed E-state index contributed by atoms with van der Waals surface area (Å²) >= 11 is 0. The number of hydrogen-bond acceptors (Lipinski definition) is 6. The molecule has 0 bridgehead atoms. The first kappa shape index (κ1) is 21.1. The molecule has 4 aromatic rings. The molecule has 0 saturated carbocycles. The van der Waals surface area contributed by atoms with E-state index in [-0.39, 0.29) is 19.1 Å². The summed E-state index contributed by atoms with van der Waals surface area (Å²) in [5.41, 5.74) is 3.62. The second kappa shape index (κ2) is 9.78. The predicted octanol–water partition coefficient (Wildman–Crippen LogP) is 4.95. The predicted molar refractivity (Wildman–Crippen MR) is 121 cm³/mol. The highest BCUT2D eigenvalue weighted by Gasteiger charge is 2.15. The number of ether oxygens (including phenoxy) is 2. The fourth-order valence-corrected chi connectivity index (χ4v) is 2.96. The summed E-state index contributed by atoms with van der Waals surface area (Å²) < 4.78 is 16.7. The third-order valence-corrected chi connectivity index (χ3v) is 4.67. The zero-order chi connectivity index (χ0) is 22.3. The zero-order valence-corrected chi connectivity index (χ0v) is 17.9. The van der Waals surface area contributed by atoms with Crippen molar-refractivity contribution in [1.29, 1.82) is 0 Å². The maximum atomic E-state index is 12.3. The molecule has 4 rings (SSSR count). The van der Waals surface area contributed by atoms with Crippen LogP contribution < -0.4 is 14.8 Å². The Morgan fingerprint density at radius 1 is 0.906 bits per heavy atom. The van der Waals surface area contributed by atoms with Gasteiger partial charge in [-0.3, -0.25) is 4.79 Å². The Kier molecular flexibility index (Phi) is 6.46. The van der Waals surface area contributed by atoms with Gasteiger partial charge in [0.1, 0.15) is 11.5 Å². The first-order valence-electron chi connectivity index (χ1n) is 10.2. The van der Waals surface area contributed by atoms with Gasteiger partial charge >= 0.3 is 0 Å². The van der Waals surface area contributed by atoms with Crippen molar-refractivity contribution in [2.45, 2.75) is 20.5 Å². The fraction of sp³-hybridized carbons (Fsp3) is 0.160. The molecule has 32 heavy (non-hydrogen) atoms. The SMILES string of the molecule is Cc1ccc(NC(=O)COc2ccccc2-c2noc(COc3ccc(C)cc3)n2)cc1. The number of aryl methyl sites for hydroxylation is 2. The Hall–Kier alpha value is -4.13. The molecule has 1 aromatic heterocycles. The third kappa shape index (κ3) is 5.51. The van der Waals surface area contributed by atoms with Crippen LogP contribution in [0.5, 0.6) is 11.5 Å². The van der Waals surface area contributed by atoms with Gasteiger partial charge in [0.25, 0.3) is 11.8 Å². The topological polar surface area (TPSA) is 86.5 Å². The van der Waals surface area contributed by atoms with Crippen LogP contribution in [0.2, 0.25) is 0 Å². The maximum absolute atomic E-state index is 12.3. The van der Waals surface area contributed by atoms with Crippen LogP contribution in [-0.2, 0) is 11.4 Å². The fourth-order valence-electron chi connectivity index (χ4n) is 2.96. The van der Waals surface area contributed by atoms with Crippen LogP contribution in [0.25, 0.3) is 11.4 Å². The van der Waals surface area contributed by atoms with Gasteiger partial charge in [0.2, 0.25) is 5.82 Å². The van der Waals surface area contributed by atoms with Gasteiger partial charge in [-0.1, -0.05) is 52.7 Å². The largest absolute Gasteiger partial charge is 0.484 e. The minimum Gasteiger partial charge on any atom is -0.484 e. The van der Waals surface area contributed by atoms with Crippen molar-refractivity contribution in [3.63, 3.8) is 0 Å². The number of hydrogen-bond donors (Lipinski definition) is 1. The molecule has 1 heterocycles. The van der Waals surface area contributed by atoms with Crippen LogP contribution in [0.1, 0.15) is 17.0 Å². The van der Waals surface area contributed by atoms with Crippen molar-refractivity contribution in [1.82, 2.24) is 10.1 Å². The van der Waals surface area contributed by atoms with Gasteiger partial charge in [-0.2, -0.15) is 4.98 Å². The Morgan fingerprint density at radius 3 is 2.34 bits per heavy atom. The molecule has 7 heteroatoms. The van der Waals surface area contributed by atoms with E-state index >= 15 is 0 Å². The van der Waals surface area contributed by atoms with E-state index in [4.69, 9.17) is 14.0 Å². The highest BCUT2D eigenvalue weighted by Crippen LogP contribution is 2.28. The molecule has 1 amide bonds. The standard InChI is InChI=1S/C25H23N3O4/c1-17-7-11-19(12-8-17)26-23(29)15-31-22-6-4-3-5-21(22)25-27-24(32-28-25)16-30-20-13-9-18(2)10-14-20/h3-14H,15-16H2,1-2H3,(H,26,29). The number of anilines is 1. The smallest absolute Gasteiger partial charge is 0.264 e. The van der Waals surface area contributed by atoms with Crippen molar-refractivity contribution < 1.29 is 18.8 Å². The number of nitrogens with zero attached hydrogens (tertiary/aromatic N) is 2. The monoisotopic (exact) mass is 429 g/mol. The average Bonchev–Trinajstić information content (AvgIpc) is 3.28. The molecular formula is C25H23N3O4. The van der Waals surface area contributed by atoms with Crippen molar-refractivity contribution in [2.75, 3.05) is 11.9 Å². The molecule has 0 atom stereocenters. The summed E-state index contributed by atoms with van der Waals surface area (Å²) in [6.07, 6.45) is 0. The first-order valence-corrected chi connectivity index (χ1v) is 10.2. The maximum Gasteiger partial charge on any atom is 0.264 e. The van der Waals surface area contributed by atoms with Crippen molar-refractivity contribution in [3.05, 3.63) is 89.8 Å². The van der Waals surface area contributed by atoms with Crippen LogP contribution in [0, 0.1) is 13.8 Å². The summed E-state index contributed by atoms with van der Waals surface area (Å²) in [5.74, 6) is 1.65. The Labute approximate surface area is 186 Å². The molecule has 0 aliphatic carbocycles. The van der Waals surface area contributed by atoms with Crippen molar-refractivity contribution in [2.24, 2.45) is 0 Å². The molecule has 0 fully saturated rings. The lowest BCUT2D eigenvalue weighted by Gasteiger charge is -2.10. The summed E-state index contributed by atoms with van der Waals surface area (Å²) in [7, 11) is 0. The number of amides is 1. The molecule has 0 unspecified atom stereocenters. The van der Waals surface area contributed by atoms with E-state index in [0.29, 0.717) is 28.7 Å². The Bertz CT molecular complexity index is 1180. The number of carbonyl (C=O) groups excluding carboxylic acids is 1. The minimum absolute atomic E-state index is 0.147. The van der Waals surface area contributed by atoms with Gasteiger partial charge in [-0.25, -0.2) is 0 Å². The van der Waals surface area contributed by atoms with E-state index in [1.165, 1.54) is 0 Å². The van der Waals surface area contributed by atoms with Crippen LogP contribution in [0.4, 0.5) is 5.69 Å². The third-order valence-electron chi connectivity index (χ3n) is 4.67. The lowest BCUT2D eigenvalue weighted by atomic mass is 10.2. The Balaban J connectivity index is 1.38. The number of para-hydroxylation sites is 1. The molecule has 0 aliphatic rings. The zero-order valence-electron chi connectivity index (χ0n) is 17.9. The second-order valence-electron chi connectivity index (χ2n) is 7.31. The molecular weight excluding hydrogens is 406 g/mol. The molecule has 3 aromatic carbocycles. The van der Waals surface area contributed by atoms with Gasteiger partial charge in [0, 0.05) is 5.69 Å². The number of nitrogens with one attached hydrogen (secondary N) is 1. The summed E-state index contributed by atoms with van der Waals surface area (Å²) in [6.45, 7) is 4.01. The lowest BCUT2D eigenvalue weighted by Crippen LogP contribution is -2.20. The number of carbonyl (C=O) groups is 1. The lowest BCUT2D eigenvalue weighted by molar-refractivity contribution is -0.118. The molecule has 0 spiro atoms. The van der Waals surface area contributed by atoms with Crippen LogP contribution in [0.3, 0.4) is 0 Å². The summed E-state index contributed by atoms with van der Waals surface area (Å²) in [6, 6.07) is 22.5. The van der Waals surface area contributed by atoms with E-state index in [0.717, 1.165) is 16.9 Å². The highest BCUT2D eigenvalue weighted by molar-refractivity contribution is 5.92. The summed E-state index contributed by atoms with van der Waals surface area (Å²) in [4.78, 5) is 16.7. The Morgan fingerprint density at radius 2 is 1.59 bits per heavy atom. The van der Waals surface area contributed by atoms with Crippen LogP contribution in [-0.4, -0.2) is 22.7 Å². The number of benzene rings is 3. The van der Waals surface area contributed by atoms with Gasteiger partial charge in [0.15, 0.2) is 13.2 Å². The van der Waals surface area contributed by atoms with E-state index in [1.807, 2.05) is 80.6 Å². The average molecular weight is 429 g/mol. The van der Waals surface area contributed by atoms with Crippen molar-refractivity contribution >= 4 is 11.6 Å². The first-order chi connectivity index (χ1) is 15.6. The van der Waals surface area contributed by atoms with E-state index in [1.54, 1.807) is 6.07 Å². The molecule has 162 valence electrons. The van der Waals surface area contributed by atoms with Gasteiger partial charge in [-0.05, 0) is 50.2 Å². The molecule has 0 radical (unpaired) electrons. The second-order valence-corrected chi connectivity index (χ2v) is 7.31. The van der Waals surface area contributed by atoms with E-state index in [9.17, 15) is 4.79 Å². The van der Waals surface area contributed by atoms with E-state index in [2.05, 4.69) is 15.5 Å².